The fourth-order valence-corrected chi connectivity index (χ4v) is 3.10. The Morgan fingerprint density at radius 3 is 2.76 bits per heavy atom. The van der Waals surface area contributed by atoms with Gasteiger partial charge in [0.15, 0.2) is 0 Å². The number of allylic oxidation sites excluding steroid dienone is 1. The first kappa shape index (κ1) is 19.3. The molecule has 1 atom stereocenters. The van der Waals surface area contributed by atoms with Crippen LogP contribution in [-0.4, -0.2) is 25.7 Å². The average molecular weight is 411 g/mol. The largest absolute Gasteiger partial charge is 0.496 e. The van der Waals surface area contributed by atoms with Gasteiger partial charge in [-0.2, -0.15) is 0 Å². The molecule has 0 saturated heterocycles. The lowest BCUT2D eigenvalue weighted by Gasteiger charge is -2.29. The third kappa shape index (κ3) is 4.75. The van der Waals surface area contributed by atoms with Crippen LogP contribution >= 0.6 is 15.9 Å². The highest BCUT2D eigenvalue weighted by Gasteiger charge is 2.34. The standard InChI is InChI=1S/C18H23BrN2O4/c1-4-5-6-9-25-17(22)15-11(2)20-18(23)21-16(15)13-10-12(19)7-8-14(13)24-3/h7-8,10,16H,4-6,9H2,1-3H3,(H2,20,21,23)/t16-/m1/s1. The molecule has 0 saturated carbocycles. The van der Waals surface area contributed by atoms with E-state index in [1.54, 1.807) is 20.1 Å². The first-order valence-corrected chi connectivity index (χ1v) is 9.06. The van der Waals surface area contributed by atoms with Crippen molar-refractivity contribution in [2.75, 3.05) is 13.7 Å². The molecule has 2 rings (SSSR count). The van der Waals surface area contributed by atoms with Crippen LogP contribution in [0.25, 0.3) is 0 Å². The van der Waals surface area contributed by atoms with Crippen molar-refractivity contribution >= 4 is 27.9 Å². The highest BCUT2D eigenvalue weighted by Crippen LogP contribution is 2.35. The highest BCUT2D eigenvalue weighted by molar-refractivity contribution is 9.10. The molecule has 0 aliphatic carbocycles. The van der Waals surface area contributed by atoms with Crippen molar-refractivity contribution < 1.29 is 19.1 Å². The van der Waals surface area contributed by atoms with Crippen LogP contribution in [0.1, 0.15) is 44.7 Å². The third-order valence-electron chi connectivity index (χ3n) is 3.97. The van der Waals surface area contributed by atoms with E-state index >= 15 is 0 Å². The van der Waals surface area contributed by atoms with Gasteiger partial charge in [-0.25, -0.2) is 9.59 Å². The SMILES string of the molecule is CCCCCOC(=O)C1=C(C)NC(=O)N[C@@H]1c1cc(Br)ccc1OC. The summed E-state index contributed by atoms with van der Waals surface area (Å²) in [5.74, 6) is 0.146. The Morgan fingerprint density at radius 1 is 1.32 bits per heavy atom. The van der Waals surface area contributed by atoms with Gasteiger partial charge in [0.1, 0.15) is 5.75 Å². The molecule has 0 aromatic heterocycles. The molecule has 6 nitrogen and oxygen atoms in total. The van der Waals surface area contributed by atoms with Gasteiger partial charge in [0.2, 0.25) is 0 Å². The zero-order chi connectivity index (χ0) is 18.4. The van der Waals surface area contributed by atoms with E-state index in [1.807, 2.05) is 12.1 Å². The molecule has 0 radical (unpaired) electrons. The van der Waals surface area contributed by atoms with Gasteiger partial charge in [-0.1, -0.05) is 35.7 Å². The number of esters is 1. The molecule has 0 unspecified atom stereocenters. The van der Waals surface area contributed by atoms with E-state index in [0.717, 1.165) is 23.7 Å². The number of benzene rings is 1. The van der Waals surface area contributed by atoms with Crippen molar-refractivity contribution in [2.24, 2.45) is 0 Å². The smallest absolute Gasteiger partial charge is 0.338 e. The van der Waals surface area contributed by atoms with Gasteiger partial charge in [-0.3, -0.25) is 0 Å². The Labute approximate surface area is 156 Å². The molecular formula is C18H23BrN2O4. The third-order valence-corrected chi connectivity index (χ3v) is 4.47. The van der Waals surface area contributed by atoms with Crippen molar-refractivity contribution in [1.29, 1.82) is 0 Å². The van der Waals surface area contributed by atoms with E-state index in [0.29, 0.717) is 29.2 Å². The van der Waals surface area contributed by atoms with Crippen LogP contribution in [0.2, 0.25) is 0 Å². The molecule has 25 heavy (non-hydrogen) atoms. The van der Waals surface area contributed by atoms with Gasteiger partial charge in [0.25, 0.3) is 0 Å². The number of carbonyl (C=O) groups excluding carboxylic acids is 2. The molecule has 2 N–H and O–H groups in total. The maximum absolute atomic E-state index is 12.6. The van der Waals surface area contributed by atoms with Crippen molar-refractivity contribution in [1.82, 2.24) is 10.6 Å². The summed E-state index contributed by atoms with van der Waals surface area (Å²) in [4.78, 5) is 24.6. The number of amides is 2. The van der Waals surface area contributed by atoms with E-state index in [-0.39, 0.29) is 6.03 Å². The predicted molar refractivity (Wildman–Crippen MR) is 98.3 cm³/mol. The molecule has 136 valence electrons. The molecule has 1 aromatic rings. The zero-order valence-corrected chi connectivity index (χ0v) is 16.2. The van der Waals surface area contributed by atoms with E-state index in [1.165, 1.54) is 0 Å². The van der Waals surface area contributed by atoms with Crippen LogP contribution in [0.15, 0.2) is 33.9 Å². The quantitative estimate of drug-likeness (QED) is 0.528. The van der Waals surface area contributed by atoms with Gasteiger partial charge in [-0.05, 0) is 31.5 Å². The highest BCUT2D eigenvalue weighted by atomic mass is 79.9. The molecule has 1 heterocycles. The lowest BCUT2D eigenvalue weighted by Crippen LogP contribution is -2.45. The van der Waals surface area contributed by atoms with Crippen LogP contribution in [0.3, 0.4) is 0 Å². The monoisotopic (exact) mass is 410 g/mol. The molecule has 1 aliphatic rings. The van der Waals surface area contributed by atoms with E-state index in [9.17, 15) is 9.59 Å². The lowest BCUT2D eigenvalue weighted by atomic mass is 9.95. The zero-order valence-electron chi connectivity index (χ0n) is 14.6. The molecule has 1 aliphatic heterocycles. The number of halogens is 1. The van der Waals surface area contributed by atoms with Crippen LogP contribution in [0.4, 0.5) is 4.79 Å². The van der Waals surface area contributed by atoms with Gasteiger partial charge in [0, 0.05) is 15.7 Å². The fraction of sp³-hybridized carbons (Fsp3) is 0.444. The summed E-state index contributed by atoms with van der Waals surface area (Å²) in [6.07, 6.45) is 2.87. The number of ether oxygens (including phenoxy) is 2. The number of urea groups is 1. The topological polar surface area (TPSA) is 76.7 Å². The van der Waals surface area contributed by atoms with Gasteiger partial charge in [-0.15, -0.1) is 0 Å². The van der Waals surface area contributed by atoms with Gasteiger partial charge < -0.3 is 20.1 Å². The fourth-order valence-electron chi connectivity index (χ4n) is 2.72. The molecular weight excluding hydrogens is 388 g/mol. The number of rotatable bonds is 7. The van der Waals surface area contributed by atoms with Gasteiger partial charge >= 0.3 is 12.0 Å². The van der Waals surface area contributed by atoms with Crippen LogP contribution in [0, 0.1) is 0 Å². The average Bonchev–Trinajstić information content (AvgIpc) is 2.57. The number of nitrogens with one attached hydrogen (secondary N) is 2. The van der Waals surface area contributed by atoms with Crippen LogP contribution < -0.4 is 15.4 Å². The van der Waals surface area contributed by atoms with Crippen molar-refractivity contribution in [3.05, 3.63) is 39.5 Å². The minimum absolute atomic E-state index is 0.361. The summed E-state index contributed by atoms with van der Waals surface area (Å²) in [7, 11) is 1.55. The summed E-state index contributed by atoms with van der Waals surface area (Å²) in [6.45, 7) is 4.14. The number of hydrogen-bond donors (Lipinski definition) is 2. The number of methoxy groups -OCH3 is 1. The second-order valence-corrected chi connectivity index (χ2v) is 6.72. The molecule has 0 fully saturated rings. The Balaban J connectivity index is 2.34. The Bertz CT molecular complexity index is 688. The summed E-state index contributed by atoms with van der Waals surface area (Å²) in [6, 6.07) is 4.44. The van der Waals surface area contributed by atoms with E-state index in [4.69, 9.17) is 9.47 Å². The molecule has 2 amide bonds. The second kappa shape index (κ2) is 8.89. The Hall–Kier alpha value is -2.02. The Kier molecular flexibility index (Phi) is 6.87. The summed E-state index contributed by atoms with van der Waals surface area (Å²) < 4.78 is 11.6. The maximum Gasteiger partial charge on any atom is 0.338 e. The Morgan fingerprint density at radius 2 is 2.08 bits per heavy atom. The van der Waals surface area contributed by atoms with Crippen molar-refractivity contribution in [3.63, 3.8) is 0 Å². The number of hydrogen-bond acceptors (Lipinski definition) is 4. The lowest BCUT2D eigenvalue weighted by molar-refractivity contribution is -0.139. The van der Waals surface area contributed by atoms with Crippen molar-refractivity contribution in [2.45, 2.75) is 39.2 Å². The number of carbonyl (C=O) groups is 2. The molecule has 7 heteroatoms. The minimum atomic E-state index is -0.639. The molecule has 1 aromatic carbocycles. The summed E-state index contributed by atoms with van der Waals surface area (Å²) in [5.41, 5.74) is 1.55. The summed E-state index contributed by atoms with van der Waals surface area (Å²) in [5, 5.41) is 5.43. The maximum atomic E-state index is 12.6. The first-order chi connectivity index (χ1) is 12.0. The number of unbranched alkanes of at least 4 members (excludes halogenated alkanes) is 2. The predicted octanol–water partition coefficient (Wildman–Crippen LogP) is 3.82. The van der Waals surface area contributed by atoms with Crippen molar-refractivity contribution in [3.8, 4) is 5.75 Å². The van der Waals surface area contributed by atoms with E-state index < -0.39 is 12.0 Å². The van der Waals surface area contributed by atoms with Crippen LogP contribution in [-0.2, 0) is 9.53 Å². The minimum Gasteiger partial charge on any atom is -0.496 e. The first-order valence-electron chi connectivity index (χ1n) is 8.26. The normalized spacial score (nSPS) is 17.0. The van der Waals surface area contributed by atoms with Gasteiger partial charge in [0.05, 0.1) is 25.3 Å². The molecule has 0 bridgehead atoms. The van der Waals surface area contributed by atoms with E-state index in [2.05, 4.69) is 33.5 Å². The van der Waals surface area contributed by atoms with Crippen LogP contribution in [0.5, 0.6) is 5.75 Å². The molecule has 0 spiro atoms. The second-order valence-electron chi connectivity index (χ2n) is 5.80. The summed E-state index contributed by atoms with van der Waals surface area (Å²) >= 11 is 3.42.